The van der Waals surface area contributed by atoms with Crippen LogP contribution in [0.5, 0.6) is 0 Å². The number of nitrogens with one attached hydrogen (secondary N) is 1. The van der Waals surface area contributed by atoms with Crippen molar-refractivity contribution >= 4 is 9.84 Å². The number of hydrogen-bond acceptors (Lipinski definition) is 3. The largest absolute Gasteiger partial charge is 0.305 e. The van der Waals surface area contributed by atoms with Crippen molar-refractivity contribution in [1.29, 1.82) is 0 Å². The fourth-order valence-corrected chi connectivity index (χ4v) is 2.90. The van der Waals surface area contributed by atoms with Gasteiger partial charge in [-0.15, -0.1) is 0 Å². The lowest BCUT2D eigenvalue weighted by molar-refractivity contribution is 0.490. The van der Waals surface area contributed by atoms with Crippen LogP contribution >= 0.6 is 0 Å². The summed E-state index contributed by atoms with van der Waals surface area (Å²) in [5, 5.41) is 3.98. The van der Waals surface area contributed by atoms with Gasteiger partial charge in [-0.1, -0.05) is 18.2 Å². The van der Waals surface area contributed by atoms with E-state index < -0.39 is 21.5 Å². The van der Waals surface area contributed by atoms with Crippen molar-refractivity contribution < 1.29 is 17.2 Å². The van der Waals surface area contributed by atoms with E-state index in [1.165, 1.54) is 18.2 Å². The highest BCUT2D eigenvalue weighted by molar-refractivity contribution is 7.94. The maximum absolute atomic E-state index is 13.3. The first-order chi connectivity index (χ1) is 7.98. The smallest absolute Gasteiger partial charge is 0.173 e. The van der Waals surface area contributed by atoms with Crippen LogP contribution in [0.15, 0.2) is 29.7 Å². The van der Waals surface area contributed by atoms with Gasteiger partial charge in [-0.3, -0.25) is 0 Å². The van der Waals surface area contributed by atoms with Crippen molar-refractivity contribution in [2.45, 2.75) is 12.6 Å². The molecule has 0 aliphatic carbocycles. The molecule has 0 radical (unpaired) electrons. The molecule has 92 valence electrons. The van der Waals surface area contributed by atoms with Crippen LogP contribution in [0.25, 0.3) is 0 Å². The average molecular weight is 259 g/mol. The van der Waals surface area contributed by atoms with Gasteiger partial charge < -0.3 is 5.32 Å². The second kappa shape index (κ2) is 4.54. The lowest BCUT2D eigenvalue weighted by atomic mass is 10.2. The Balaban J connectivity index is 2.00. The van der Waals surface area contributed by atoms with E-state index in [9.17, 15) is 17.2 Å². The SMILES string of the molecule is O=S1(=O)C=CC(NCc2cccc(F)c2F)C1. The van der Waals surface area contributed by atoms with Crippen LogP contribution in [0.3, 0.4) is 0 Å². The molecular weight excluding hydrogens is 248 g/mol. The molecule has 1 N–H and O–H groups in total. The molecule has 1 heterocycles. The molecule has 1 atom stereocenters. The minimum atomic E-state index is -3.13. The summed E-state index contributed by atoms with van der Waals surface area (Å²) in [5.41, 5.74) is 0.183. The Bertz CT molecular complexity index is 555. The first kappa shape index (κ1) is 12.2. The number of benzene rings is 1. The molecule has 2 rings (SSSR count). The minimum Gasteiger partial charge on any atom is -0.305 e. The Morgan fingerprint density at radius 1 is 1.35 bits per heavy atom. The Hall–Kier alpha value is -1.27. The van der Waals surface area contributed by atoms with Crippen molar-refractivity contribution in [3.05, 3.63) is 46.9 Å². The molecule has 1 unspecified atom stereocenters. The number of rotatable bonds is 3. The van der Waals surface area contributed by atoms with Gasteiger partial charge in [0.05, 0.1) is 5.75 Å². The lowest BCUT2D eigenvalue weighted by Gasteiger charge is -2.10. The van der Waals surface area contributed by atoms with Crippen molar-refractivity contribution in [3.63, 3.8) is 0 Å². The highest BCUT2D eigenvalue weighted by Gasteiger charge is 2.21. The van der Waals surface area contributed by atoms with Crippen LogP contribution in [0, 0.1) is 11.6 Å². The molecule has 0 saturated carbocycles. The summed E-state index contributed by atoms with van der Waals surface area (Å²) >= 11 is 0. The van der Waals surface area contributed by atoms with Gasteiger partial charge in [-0.05, 0) is 6.07 Å². The van der Waals surface area contributed by atoms with Gasteiger partial charge in [0, 0.05) is 23.6 Å². The summed E-state index contributed by atoms with van der Waals surface area (Å²) in [5.74, 6) is -1.84. The maximum atomic E-state index is 13.3. The normalized spacial score (nSPS) is 21.9. The highest BCUT2D eigenvalue weighted by Crippen LogP contribution is 2.13. The van der Waals surface area contributed by atoms with E-state index in [2.05, 4.69) is 5.32 Å². The van der Waals surface area contributed by atoms with Crippen LogP contribution in [0.4, 0.5) is 8.78 Å². The molecule has 0 saturated heterocycles. The van der Waals surface area contributed by atoms with E-state index in [1.807, 2.05) is 0 Å². The van der Waals surface area contributed by atoms with Crippen molar-refractivity contribution in [2.75, 3.05) is 5.75 Å². The van der Waals surface area contributed by atoms with Gasteiger partial charge in [0.2, 0.25) is 0 Å². The average Bonchev–Trinajstić information content (AvgIpc) is 2.61. The predicted molar refractivity (Wildman–Crippen MR) is 59.9 cm³/mol. The maximum Gasteiger partial charge on any atom is 0.173 e. The molecule has 0 fully saturated rings. The zero-order valence-corrected chi connectivity index (χ0v) is 9.68. The Kier molecular flexibility index (Phi) is 3.26. The van der Waals surface area contributed by atoms with E-state index in [0.29, 0.717) is 0 Å². The summed E-state index contributed by atoms with van der Waals surface area (Å²) in [4.78, 5) is 0. The van der Waals surface area contributed by atoms with Gasteiger partial charge in [-0.2, -0.15) is 0 Å². The number of sulfone groups is 1. The number of halogens is 2. The quantitative estimate of drug-likeness (QED) is 0.891. The van der Waals surface area contributed by atoms with Gasteiger partial charge in [0.25, 0.3) is 0 Å². The van der Waals surface area contributed by atoms with Crippen LogP contribution in [-0.2, 0) is 16.4 Å². The molecule has 1 aromatic carbocycles. The molecule has 1 aliphatic heterocycles. The van der Waals surface area contributed by atoms with Gasteiger partial charge in [0.1, 0.15) is 0 Å². The minimum absolute atomic E-state index is 0.0378. The zero-order valence-electron chi connectivity index (χ0n) is 8.86. The molecule has 0 amide bonds. The first-order valence-corrected chi connectivity index (χ1v) is 6.77. The molecule has 1 aliphatic rings. The molecule has 17 heavy (non-hydrogen) atoms. The summed E-state index contributed by atoms with van der Waals surface area (Å²) in [6, 6.07) is 3.57. The fraction of sp³-hybridized carbons (Fsp3) is 0.273. The van der Waals surface area contributed by atoms with Gasteiger partial charge in [0.15, 0.2) is 21.5 Å². The molecule has 3 nitrogen and oxygen atoms in total. The monoisotopic (exact) mass is 259 g/mol. The fourth-order valence-electron chi connectivity index (χ4n) is 1.63. The van der Waals surface area contributed by atoms with E-state index in [4.69, 9.17) is 0 Å². The third-order valence-electron chi connectivity index (χ3n) is 2.52. The molecule has 6 heteroatoms. The van der Waals surface area contributed by atoms with Gasteiger partial charge >= 0.3 is 0 Å². The Morgan fingerprint density at radius 2 is 2.12 bits per heavy atom. The molecule has 0 bridgehead atoms. The first-order valence-electron chi connectivity index (χ1n) is 5.05. The van der Waals surface area contributed by atoms with Crippen molar-refractivity contribution in [3.8, 4) is 0 Å². The van der Waals surface area contributed by atoms with E-state index in [0.717, 1.165) is 11.5 Å². The van der Waals surface area contributed by atoms with E-state index >= 15 is 0 Å². The van der Waals surface area contributed by atoms with Crippen LogP contribution in [0.2, 0.25) is 0 Å². The van der Waals surface area contributed by atoms with Crippen molar-refractivity contribution in [2.24, 2.45) is 0 Å². The topological polar surface area (TPSA) is 46.2 Å². The predicted octanol–water partition coefficient (Wildman–Crippen LogP) is 1.37. The second-order valence-electron chi connectivity index (χ2n) is 3.86. The Labute approximate surface area is 98.1 Å². The van der Waals surface area contributed by atoms with Gasteiger partial charge in [-0.25, -0.2) is 17.2 Å². The highest BCUT2D eigenvalue weighted by atomic mass is 32.2. The summed E-state index contributed by atoms with van der Waals surface area (Å²) < 4.78 is 48.4. The summed E-state index contributed by atoms with van der Waals surface area (Å²) in [6.07, 6.45) is 1.51. The third-order valence-corrected chi connectivity index (χ3v) is 3.91. The van der Waals surface area contributed by atoms with Crippen LogP contribution in [0.1, 0.15) is 5.56 Å². The lowest BCUT2D eigenvalue weighted by Crippen LogP contribution is -2.29. The zero-order chi connectivity index (χ0) is 12.5. The van der Waals surface area contributed by atoms with E-state index in [-0.39, 0.29) is 23.9 Å². The Morgan fingerprint density at radius 3 is 2.76 bits per heavy atom. The van der Waals surface area contributed by atoms with Crippen LogP contribution in [-0.4, -0.2) is 20.2 Å². The summed E-state index contributed by atoms with van der Waals surface area (Å²) in [7, 11) is -3.13. The molecule has 1 aromatic rings. The summed E-state index contributed by atoms with van der Waals surface area (Å²) in [6.45, 7) is 0.0914. The van der Waals surface area contributed by atoms with E-state index in [1.54, 1.807) is 0 Å². The third kappa shape index (κ3) is 2.89. The van der Waals surface area contributed by atoms with Crippen molar-refractivity contribution in [1.82, 2.24) is 5.32 Å². The number of hydrogen-bond donors (Lipinski definition) is 1. The second-order valence-corrected chi connectivity index (χ2v) is 5.79. The standard InChI is InChI=1S/C11H11F2NO2S/c12-10-3-1-2-8(11(10)13)6-14-9-4-5-17(15,16)7-9/h1-5,9,14H,6-7H2. The molecular formula is C11H11F2NO2S. The molecule has 0 spiro atoms. The molecule has 0 aromatic heterocycles. The van der Waals surface area contributed by atoms with Crippen LogP contribution < -0.4 is 5.32 Å².